The summed E-state index contributed by atoms with van der Waals surface area (Å²) in [4.78, 5) is 22.4. The van der Waals surface area contributed by atoms with Crippen molar-refractivity contribution in [3.05, 3.63) is 58.2 Å². The molecule has 1 unspecified atom stereocenters. The van der Waals surface area contributed by atoms with Crippen molar-refractivity contribution in [1.82, 2.24) is 5.32 Å². The summed E-state index contributed by atoms with van der Waals surface area (Å²) in [6.07, 6.45) is 3.34. The molecule has 5 nitrogen and oxygen atoms in total. The van der Waals surface area contributed by atoms with Gasteiger partial charge in [0, 0.05) is 4.47 Å². The zero-order valence-electron chi connectivity index (χ0n) is 10.3. The van der Waals surface area contributed by atoms with E-state index >= 15 is 0 Å². The first-order chi connectivity index (χ1) is 9.61. The van der Waals surface area contributed by atoms with Crippen LogP contribution in [0.1, 0.15) is 0 Å². The molecular weight excluding hydrogens is 324 g/mol. The van der Waals surface area contributed by atoms with Crippen LogP contribution < -0.4 is 10.6 Å². The number of benzene rings is 1. The summed E-state index contributed by atoms with van der Waals surface area (Å²) in [5.41, 5.74) is 0.886. The first kappa shape index (κ1) is 14.3. The average molecular weight is 335 g/mol. The molecule has 0 aromatic heterocycles. The van der Waals surface area contributed by atoms with Gasteiger partial charge in [0.05, 0.1) is 17.0 Å². The van der Waals surface area contributed by atoms with Crippen LogP contribution >= 0.6 is 15.9 Å². The van der Waals surface area contributed by atoms with Gasteiger partial charge in [-0.3, -0.25) is 0 Å². The molecule has 1 aliphatic rings. The van der Waals surface area contributed by atoms with Crippen molar-refractivity contribution in [3.63, 3.8) is 0 Å². The minimum absolute atomic E-state index is 0.0729. The number of urea groups is 1. The van der Waals surface area contributed by atoms with E-state index in [0.29, 0.717) is 5.69 Å². The third kappa shape index (κ3) is 3.24. The highest BCUT2D eigenvalue weighted by molar-refractivity contribution is 9.10. The maximum Gasteiger partial charge on any atom is 0.323 e. The van der Waals surface area contributed by atoms with Crippen LogP contribution in [-0.2, 0) is 4.79 Å². The van der Waals surface area contributed by atoms with E-state index in [4.69, 9.17) is 0 Å². The summed E-state index contributed by atoms with van der Waals surface area (Å²) in [6.45, 7) is 0. The fourth-order valence-corrected chi connectivity index (χ4v) is 2.04. The first-order valence-corrected chi connectivity index (χ1v) is 6.55. The second kappa shape index (κ2) is 6.34. The van der Waals surface area contributed by atoms with E-state index in [1.807, 2.05) is 6.07 Å². The van der Waals surface area contributed by atoms with Crippen molar-refractivity contribution < 1.29 is 14.7 Å². The van der Waals surface area contributed by atoms with Crippen molar-refractivity contribution in [2.45, 2.75) is 6.10 Å². The van der Waals surface area contributed by atoms with Gasteiger partial charge in [-0.25, -0.2) is 9.59 Å². The lowest BCUT2D eigenvalue weighted by atomic mass is 10.0. The number of allylic oxidation sites excluding steroid dienone is 2. The van der Waals surface area contributed by atoms with Gasteiger partial charge in [0.15, 0.2) is 0 Å². The molecular formula is C14H11BrN2O3. The molecule has 2 rings (SSSR count). The van der Waals surface area contributed by atoms with Gasteiger partial charge in [0.2, 0.25) is 0 Å². The molecule has 20 heavy (non-hydrogen) atoms. The normalized spacial score (nSPS) is 17.2. The molecule has 0 spiro atoms. The molecule has 2 amide bonds. The Bertz CT molecular complexity index is 646. The van der Waals surface area contributed by atoms with Crippen LogP contribution in [-0.4, -0.2) is 23.2 Å². The van der Waals surface area contributed by atoms with Crippen LogP contribution in [0, 0.1) is 0 Å². The van der Waals surface area contributed by atoms with Crippen LogP contribution in [0.5, 0.6) is 0 Å². The smallest absolute Gasteiger partial charge is 0.323 e. The third-order valence-electron chi connectivity index (χ3n) is 2.64. The minimum atomic E-state index is -1.18. The van der Waals surface area contributed by atoms with Crippen molar-refractivity contribution >= 4 is 33.6 Å². The Morgan fingerprint density at radius 2 is 2.05 bits per heavy atom. The number of hydrogen-bond donors (Lipinski definition) is 3. The molecule has 102 valence electrons. The number of aliphatic hydroxyl groups excluding tert-OH is 1. The predicted octanol–water partition coefficient (Wildman–Crippen LogP) is 2.14. The van der Waals surface area contributed by atoms with Crippen LogP contribution in [0.2, 0.25) is 0 Å². The number of carbonyl (C=O) groups is 1. The fourth-order valence-electron chi connectivity index (χ4n) is 1.65. The highest BCUT2D eigenvalue weighted by Gasteiger charge is 2.20. The topological polar surface area (TPSA) is 78.4 Å². The lowest BCUT2D eigenvalue weighted by Gasteiger charge is -2.18. The number of nitrogens with one attached hydrogen (secondary N) is 2. The van der Waals surface area contributed by atoms with Crippen LogP contribution in [0.4, 0.5) is 10.5 Å². The summed E-state index contributed by atoms with van der Waals surface area (Å²) in [7, 11) is 0. The number of para-hydroxylation sites is 1. The van der Waals surface area contributed by atoms with Gasteiger partial charge in [0.25, 0.3) is 0 Å². The molecule has 1 aliphatic carbocycles. The Morgan fingerprint density at radius 1 is 1.30 bits per heavy atom. The molecule has 0 fully saturated rings. The summed E-state index contributed by atoms with van der Waals surface area (Å²) in [6, 6.07) is 6.62. The third-order valence-corrected chi connectivity index (χ3v) is 3.33. The number of halogens is 1. The van der Waals surface area contributed by atoms with E-state index in [9.17, 15) is 14.7 Å². The molecule has 0 aliphatic heterocycles. The molecule has 1 atom stereocenters. The van der Waals surface area contributed by atoms with Crippen molar-refractivity contribution in [3.8, 4) is 0 Å². The monoisotopic (exact) mass is 334 g/mol. The quantitative estimate of drug-likeness (QED) is 0.725. The van der Waals surface area contributed by atoms with Gasteiger partial charge in [-0.1, -0.05) is 18.2 Å². The Morgan fingerprint density at radius 3 is 2.75 bits per heavy atom. The summed E-state index contributed by atoms with van der Waals surface area (Å²) in [5.74, 6) is 1.63. The zero-order chi connectivity index (χ0) is 14.5. The number of anilines is 1. The van der Waals surface area contributed by atoms with Crippen LogP contribution in [0.15, 0.2) is 58.2 Å². The van der Waals surface area contributed by atoms with E-state index < -0.39 is 12.1 Å². The van der Waals surface area contributed by atoms with E-state index in [1.54, 1.807) is 30.2 Å². The maximum absolute atomic E-state index is 11.8. The second-order valence-corrected chi connectivity index (χ2v) is 4.85. The number of aliphatic hydroxyl groups is 1. The molecule has 0 radical (unpaired) electrons. The summed E-state index contributed by atoms with van der Waals surface area (Å²) >= 11 is 3.31. The standard InChI is InChI=1S/C14H11BrN2O3/c15-10-5-1-2-6-11(10)16-14(20)17-12-7-3-4-9(8-18)13(12)19/h1-7,13,19H,(H2,16,17,20). The Hall–Kier alpha value is -2.14. The summed E-state index contributed by atoms with van der Waals surface area (Å²) < 4.78 is 0.738. The number of rotatable bonds is 2. The van der Waals surface area contributed by atoms with Gasteiger partial charge in [0.1, 0.15) is 12.0 Å². The van der Waals surface area contributed by atoms with E-state index in [1.165, 1.54) is 12.2 Å². The molecule has 6 heteroatoms. The number of carbonyl (C=O) groups excluding carboxylic acids is 2. The van der Waals surface area contributed by atoms with Crippen LogP contribution in [0.25, 0.3) is 0 Å². The maximum atomic E-state index is 11.8. The van der Waals surface area contributed by atoms with E-state index in [2.05, 4.69) is 26.6 Å². The van der Waals surface area contributed by atoms with Gasteiger partial charge in [-0.2, -0.15) is 0 Å². The van der Waals surface area contributed by atoms with E-state index in [-0.39, 0.29) is 11.3 Å². The number of amides is 2. The largest absolute Gasteiger partial charge is 0.381 e. The SMILES string of the molecule is O=C=C1C=CC=C(NC(=O)Nc2ccccc2Br)C1O. The Balaban J connectivity index is 2.06. The predicted molar refractivity (Wildman–Crippen MR) is 78.7 cm³/mol. The second-order valence-electron chi connectivity index (χ2n) is 4.00. The van der Waals surface area contributed by atoms with Crippen molar-refractivity contribution in [2.75, 3.05) is 5.32 Å². The van der Waals surface area contributed by atoms with Crippen molar-refractivity contribution in [2.24, 2.45) is 0 Å². The summed E-state index contributed by atoms with van der Waals surface area (Å²) in [5, 5.41) is 15.0. The molecule has 1 aromatic rings. The van der Waals surface area contributed by atoms with Gasteiger partial charge in [-0.05, 0) is 40.2 Å². The van der Waals surface area contributed by atoms with Gasteiger partial charge < -0.3 is 15.7 Å². The zero-order valence-corrected chi connectivity index (χ0v) is 11.8. The molecule has 3 N–H and O–H groups in total. The lowest BCUT2D eigenvalue weighted by molar-refractivity contribution is 0.231. The first-order valence-electron chi connectivity index (χ1n) is 5.75. The number of hydrogen-bond acceptors (Lipinski definition) is 3. The van der Waals surface area contributed by atoms with Crippen molar-refractivity contribution in [1.29, 1.82) is 0 Å². The average Bonchev–Trinajstić information content (AvgIpc) is 2.44. The highest BCUT2D eigenvalue weighted by Crippen LogP contribution is 2.21. The highest BCUT2D eigenvalue weighted by atomic mass is 79.9. The Kier molecular flexibility index (Phi) is 4.53. The van der Waals surface area contributed by atoms with Gasteiger partial charge >= 0.3 is 6.03 Å². The molecule has 0 heterocycles. The molecule has 0 bridgehead atoms. The van der Waals surface area contributed by atoms with E-state index in [0.717, 1.165) is 4.47 Å². The minimum Gasteiger partial charge on any atom is -0.381 e. The Labute approximate surface area is 123 Å². The molecule has 0 saturated heterocycles. The lowest BCUT2D eigenvalue weighted by Crippen LogP contribution is -2.34. The molecule has 1 aromatic carbocycles. The molecule has 0 saturated carbocycles. The van der Waals surface area contributed by atoms with Crippen LogP contribution in [0.3, 0.4) is 0 Å². The fraction of sp³-hybridized carbons (Fsp3) is 0.0714. The van der Waals surface area contributed by atoms with Gasteiger partial charge in [-0.15, -0.1) is 0 Å².